The molecular weight excluding hydrogens is 279 g/mol. The summed E-state index contributed by atoms with van der Waals surface area (Å²) in [7, 11) is 0. The normalized spacial score (nSPS) is 11.3. The summed E-state index contributed by atoms with van der Waals surface area (Å²) in [6.45, 7) is 4.17. The quantitative estimate of drug-likeness (QED) is 0.671. The fraction of sp³-hybridized carbons (Fsp3) is 0.300. The monoisotopic (exact) mass is 290 g/mol. The fourth-order valence-corrected chi connectivity index (χ4v) is 1.37. The summed E-state index contributed by atoms with van der Waals surface area (Å²) < 4.78 is 0.0504. The zero-order chi connectivity index (χ0) is 10.1. The molecule has 0 fully saturated rings. The van der Waals surface area contributed by atoms with E-state index >= 15 is 0 Å². The summed E-state index contributed by atoms with van der Waals surface area (Å²) in [6, 6.07) is 6.99. The molecule has 0 saturated carbocycles. The molecule has 0 unspecified atom stereocenters. The molecule has 1 aromatic rings. The van der Waals surface area contributed by atoms with E-state index in [1.165, 1.54) is 0 Å². The highest BCUT2D eigenvalue weighted by molar-refractivity contribution is 14.1. The minimum atomic E-state index is -0.877. The van der Waals surface area contributed by atoms with Gasteiger partial charge in [0.1, 0.15) is 0 Å². The molecule has 3 heteroatoms. The van der Waals surface area contributed by atoms with Gasteiger partial charge in [-0.15, -0.1) is 0 Å². The van der Waals surface area contributed by atoms with Gasteiger partial charge in [-0.2, -0.15) is 0 Å². The number of alkyl halides is 1. The Kier molecular flexibility index (Phi) is 2.95. The first-order valence-corrected chi connectivity index (χ1v) is 5.02. The Hall–Kier alpha value is -0.580. The Morgan fingerprint density at radius 3 is 2.08 bits per heavy atom. The van der Waals surface area contributed by atoms with E-state index in [0.29, 0.717) is 5.56 Å². The van der Waals surface area contributed by atoms with E-state index in [1.54, 1.807) is 12.1 Å². The third kappa shape index (κ3) is 2.69. The molecule has 0 aliphatic rings. The fourth-order valence-electron chi connectivity index (χ4n) is 1.01. The van der Waals surface area contributed by atoms with Crippen molar-refractivity contribution in [2.75, 3.05) is 0 Å². The second-order valence-corrected chi connectivity index (χ2v) is 6.05. The maximum Gasteiger partial charge on any atom is 0.335 e. The number of carboxylic acids is 1. The molecule has 1 rings (SSSR count). The van der Waals surface area contributed by atoms with Crippen molar-refractivity contribution in [3.63, 3.8) is 0 Å². The number of benzene rings is 1. The second kappa shape index (κ2) is 3.65. The first-order valence-electron chi connectivity index (χ1n) is 3.94. The molecule has 0 amide bonds. The van der Waals surface area contributed by atoms with Crippen LogP contribution in [0.5, 0.6) is 0 Å². The van der Waals surface area contributed by atoms with Crippen LogP contribution in [0.3, 0.4) is 0 Å². The SMILES string of the molecule is CC(C)(I)c1ccc(C(=O)O)cc1. The van der Waals surface area contributed by atoms with Crippen LogP contribution in [-0.2, 0) is 3.42 Å². The van der Waals surface area contributed by atoms with Crippen LogP contribution in [-0.4, -0.2) is 11.1 Å². The van der Waals surface area contributed by atoms with Crippen molar-refractivity contribution in [2.45, 2.75) is 17.3 Å². The van der Waals surface area contributed by atoms with Crippen molar-refractivity contribution in [2.24, 2.45) is 0 Å². The Labute approximate surface area is 91.1 Å². The third-order valence-corrected chi connectivity index (χ3v) is 2.44. The topological polar surface area (TPSA) is 37.3 Å². The standard InChI is InChI=1S/C10H11IO2/c1-10(2,11)8-5-3-7(4-6-8)9(12)13/h3-6H,1-2H3,(H,12,13). The highest BCUT2D eigenvalue weighted by Gasteiger charge is 2.15. The van der Waals surface area contributed by atoms with Crippen LogP contribution in [0.2, 0.25) is 0 Å². The molecule has 1 N–H and O–H groups in total. The average Bonchev–Trinajstić information content (AvgIpc) is 2.03. The highest BCUT2D eigenvalue weighted by Crippen LogP contribution is 2.30. The van der Waals surface area contributed by atoms with Gasteiger partial charge in [0.15, 0.2) is 0 Å². The van der Waals surface area contributed by atoms with Gasteiger partial charge >= 0.3 is 5.97 Å². The van der Waals surface area contributed by atoms with E-state index in [1.807, 2.05) is 12.1 Å². The van der Waals surface area contributed by atoms with Crippen molar-refractivity contribution >= 4 is 28.6 Å². The number of carboxylic acid groups (broad SMARTS) is 1. The Balaban J connectivity index is 3.01. The van der Waals surface area contributed by atoms with Crippen LogP contribution >= 0.6 is 22.6 Å². The molecule has 0 aliphatic heterocycles. The van der Waals surface area contributed by atoms with Crippen molar-refractivity contribution in [1.29, 1.82) is 0 Å². The molecule has 0 aromatic heterocycles. The predicted octanol–water partition coefficient (Wildman–Crippen LogP) is 3.05. The Bertz CT molecular complexity index is 309. The van der Waals surface area contributed by atoms with Gasteiger partial charge in [-0.05, 0) is 31.5 Å². The van der Waals surface area contributed by atoms with E-state index in [9.17, 15) is 4.79 Å². The highest BCUT2D eigenvalue weighted by atomic mass is 127. The number of halogens is 1. The van der Waals surface area contributed by atoms with E-state index in [4.69, 9.17) is 5.11 Å². The summed E-state index contributed by atoms with van der Waals surface area (Å²) in [5.41, 5.74) is 1.47. The van der Waals surface area contributed by atoms with E-state index in [2.05, 4.69) is 36.4 Å². The lowest BCUT2D eigenvalue weighted by atomic mass is 10.0. The zero-order valence-electron chi connectivity index (χ0n) is 7.54. The lowest BCUT2D eigenvalue weighted by Gasteiger charge is -2.16. The zero-order valence-corrected chi connectivity index (χ0v) is 9.70. The minimum absolute atomic E-state index is 0.0504. The smallest absolute Gasteiger partial charge is 0.335 e. The molecule has 1 aromatic carbocycles. The molecule has 0 heterocycles. The lowest BCUT2D eigenvalue weighted by Crippen LogP contribution is -2.06. The number of rotatable bonds is 2. The molecule has 0 saturated heterocycles. The van der Waals surface area contributed by atoms with Gasteiger partial charge < -0.3 is 5.11 Å². The summed E-state index contributed by atoms with van der Waals surface area (Å²) in [5.74, 6) is -0.877. The minimum Gasteiger partial charge on any atom is -0.478 e. The largest absolute Gasteiger partial charge is 0.478 e. The number of hydrogen-bond acceptors (Lipinski definition) is 1. The van der Waals surface area contributed by atoms with Crippen molar-refractivity contribution in [3.05, 3.63) is 35.4 Å². The van der Waals surface area contributed by atoms with E-state index in [-0.39, 0.29) is 3.42 Å². The maximum atomic E-state index is 10.6. The first kappa shape index (κ1) is 10.5. The molecule has 0 atom stereocenters. The van der Waals surface area contributed by atoms with Crippen LogP contribution in [0, 0.1) is 0 Å². The summed E-state index contributed by atoms with van der Waals surface area (Å²) in [4.78, 5) is 10.6. The van der Waals surface area contributed by atoms with Gasteiger partial charge in [-0.1, -0.05) is 34.7 Å². The predicted molar refractivity (Wildman–Crippen MR) is 60.4 cm³/mol. The second-order valence-electron chi connectivity index (χ2n) is 3.35. The van der Waals surface area contributed by atoms with E-state index in [0.717, 1.165) is 5.56 Å². The molecule has 0 spiro atoms. The van der Waals surface area contributed by atoms with Crippen LogP contribution < -0.4 is 0 Å². The number of hydrogen-bond donors (Lipinski definition) is 1. The van der Waals surface area contributed by atoms with Crippen molar-refractivity contribution in [1.82, 2.24) is 0 Å². The molecule has 0 radical (unpaired) electrons. The number of carbonyl (C=O) groups is 1. The van der Waals surface area contributed by atoms with Crippen LogP contribution in [0.4, 0.5) is 0 Å². The molecule has 13 heavy (non-hydrogen) atoms. The lowest BCUT2D eigenvalue weighted by molar-refractivity contribution is 0.0697. The van der Waals surface area contributed by atoms with Gasteiger partial charge in [0.25, 0.3) is 0 Å². The summed E-state index contributed by atoms with van der Waals surface area (Å²) in [6.07, 6.45) is 0. The van der Waals surface area contributed by atoms with E-state index < -0.39 is 5.97 Å². The van der Waals surface area contributed by atoms with Gasteiger partial charge in [-0.3, -0.25) is 0 Å². The van der Waals surface area contributed by atoms with Crippen molar-refractivity contribution in [3.8, 4) is 0 Å². The van der Waals surface area contributed by atoms with Crippen molar-refractivity contribution < 1.29 is 9.90 Å². The molecule has 0 bridgehead atoms. The summed E-state index contributed by atoms with van der Waals surface area (Å²) >= 11 is 2.32. The van der Waals surface area contributed by atoms with Gasteiger partial charge in [-0.25, -0.2) is 4.79 Å². The van der Waals surface area contributed by atoms with Crippen LogP contribution in [0.1, 0.15) is 29.8 Å². The average molecular weight is 290 g/mol. The first-order chi connectivity index (χ1) is 5.91. The van der Waals surface area contributed by atoms with Gasteiger partial charge in [0.2, 0.25) is 0 Å². The van der Waals surface area contributed by atoms with Gasteiger partial charge in [0.05, 0.1) is 5.56 Å². The Morgan fingerprint density at radius 2 is 1.77 bits per heavy atom. The van der Waals surface area contributed by atoms with Gasteiger partial charge in [0, 0.05) is 3.42 Å². The van der Waals surface area contributed by atoms with Crippen LogP contribution in [0.15, 0.2) is 24.3 Å². The molecule has 0 aliphatic carbocycles. The molecular formula is C10H11IO2. The molecule has 70 valence electrons. The molecule has 2 nitrogen and oxygen atoms in total. The van der Waals surface area contributed by atoms with Crippen LogP contribution in [0.25, 0.3) is 0 Å². The third-order valence-electron chi connectivity index (χ3n) is 1.82. The summed E-state index contributed by atoms with van der Waals surface area (Å²) in [5, 5.41) is 8.68. The maximum absolute atomic E-state index is 10.6. The number of aromatic carboxylic acids is 1. The Morgan fingerprint density at radius 1 is 1.31 bits per heavy atom.